The highest BCUT2D eigenvalue weighted by atomic mass is 16.5. The molecular weight excluding hydrogens is 376 g/mol. The molecule has 0 spiro atoms. The monoisotopic (exact) mass is 404 g/mol. The molecule has 4 rings (SSSR count). The first-order chi connectivity index (χ1) is 14.5. The number of hydrogen-bond acceptors (Lipinski definition) is 5. The Bertz CT molecular complexity index is 1060. The Labute approximate surface area is 177 Å². The van der Waals surface area contributed by atoms with Gasteiger partial charge in [0.1, 0.15) is 11.4 Å². The average molecular weight is 405 g/mol. The lowest BCUT2D eigenvalue weighted by Crippen LogP contribution is -2.14. The van der Waals surface area contributed by atoms with Crippen molar-refractivity contribution in [3.63, 3.8) is 0 Å². The quantitative estimate of drug-likeness (QED) is 0.460. The molecule has 30 heavy (non-hydrogen) atoms. The maximum Gasteiger partial charge on any atom is 0.191 e. The van der Waals surface area contributed by atoms with Crippen molar-refractivity contribution in [2.24, 2.45) is 0 Å². The molecule has 0 aliphatic heterocycles. The second-order valence-corrected chi connectivity index (χ2v) is 7.97. The lowest BCUT2D eigenvalue weighted by atomic mass is 10.0. The van der Waals surface area contributed by atoms with E-state index in [0.29, 0.717) is 17.3 Å². The third-order valence-corrected chi connectivity index (χ3v) is 5.49. The highest BCUT2D eigenvalue weighted by molar-refractivity contribution is 6.13. The van der Waals surface area contributed by atoms with Gasteiger partial charge in [-0.25, -0.2) is 4.52 Å². The molecule has 6 heteroatoms. The molecular formula is C24H28N4O2. The van der Waals surface area contributed by atoms with E-state index < -0.39 is 0 Å². The van der Waals surface area contributed by atoms with Crippen molar-refractivity contribution < 1.29 is 9.53 Å². The number of fused-ring (bicyclic) bond motifs is 1. The lowest BCUT2D eigenvalue weighted by Gasteiger charge is -2.13. The number of rotatable bonds is 7. The molecule has 2 heterocycles. The summed E-state index contributed by atoms with van der Waals surface area (Å²) in [7, 11) is 5.43. The van der Waals surface area contributed by atoms with Gasteiger partial charge in [0, 0.05) is 49.9 Å². The summed E-state index contributed by atoms with van der Waals surface area (Å²) in [6, 6.07) is 12.2. The van der Waals surface area contributed by atoms with Crippen LogP contribution in [0, 0.1) is 0 Å². The molecule has 1 fully saturated rings. The Morgan fingerprint density at radius 1 is 1.20 bits per heavy atom. The second kappa shape index (κ2) is 8.61. The number of nitrogens with one attached hydrogen (secondary N) is 1. The van der Waals surface area contributed by atoms with Crippen LogP contribution >= 0.6 is 0 Å². The molecule has 1 N–H and O–H groups in total. The predicted molar refractivity (Wildman–Crippen MR) is 120 cm³/mol. The number of carbonyl (C=O) groups is 1. The molecule has 1 aromatic carbocycles. The van der Waals surface area contributed by atoms with Crippen molar-refractivity contribution in [1.29, 1.82) is 0 Å². The van der Waals surface area contributed by atoms with Crippen molar-refractivity contribution in [2.45, 2.75) is 31.7 Å². The van der Waals surface area contributed by atoms with Crippen LogP contribution in [0.25, 0.3) is 16.8 Å². The first kappa shape index (κ1) is 20.0. The topological polar surface area (TPSA) is 58.9 Å². The van der Waals surface area contributed by atoms with Gasteiger partial charge in [0.05, 0.1) is 18.2 Å². The van der Waals surface area contributed by atoms with Crippen LogP contribution in [0.2, 0.25) is 0 Å². The zero-order chi connectivity index (χ0) is 21.1. The minimum atomic E-state index is -0.0671. The third kappa shape index (κ3) is 4.17. The van der Waals surface area contributed by atoms with Crippen molar-refractivity contribution in [3.8, 4) is 17.0 Å². The fourth-order valence-corrected chi connectivity index (χ4v) is 3.94. The van der Waals surface area contributed by atoms with Crippen LogP contribution in [-0.2, 0) is 0 Å². The van der Waals surface area contributed by atoms with E-state index in [0.717, 1.165) is 22.5 Å². The summed E-state index contributed by atoms with van der Waals surface area (Å²) in [4.78, 5) is 15.0. The minimum absolute atomic E-state index is 0.0671. The first-order valence-corrected chi connectivity index (χ1v) is 10.4. The number of anilines is 1. The summed E-state index contributed by atoms with van der Waals surface area (Å²) in [6.45, 7) is 0. The summed E-state index contributed by atoms with van der Waals surface area (Å²) < 4.78 is 7.06. The SMILES string of the molecule is COc1ccc(-c2nn3ccc(NC4CCCC4)cc3c2C(=O)/C=C/N(C)C)cc1. The fourth-order valence-electron chi connectivity index (χ4n) is 3.94. The van der Waals surface area contributed by atoms with Gasteiger partial charge in [-0.1, -0.05) is 12.8 Å². The van der Waals surface area contributed by atoms with E-state index in [1.165, 1.54) is 25.7 Å². The van der Waals surface area contributed by atoms with Gasteiger partial charge >= 0.3 is 0 Å². The summed E-state index contributed by atoms with van der Waals surface area (Å²) in [5.74, 6) is 0.702. The van der Waals surface area contributed by atoms with Crippen molar-refractivity contribution in [2.75, 3.05) is 26.5 Å². The number of aromatic nitrogens is 2. The summed E-state index contributed by atoms with van der Waals surface area (Å²) in [5, 5.41) is 8.36. The molecule has 3 aromatic rings. The standard InChI is InChI=1S/C24H28N4O2/c1-27(2)14-13-22(29)23-21-16-19(25-18-6-4-5-7-18)12-15-28(21)26-24(23)17-8-10-20(30-3)11-9-17/h8-16,18,25H,4-7H2,1-3H3/b14-13+. The van der Waals surface area contributed by atoms with Crippen molar-refractivity contribution in [1.82, 2.24) is 14.5 Å². The molecule has 0 radical (unpaired) electrons. The minimum Gasteiger partial charge on any atom is -0.497 e. The molecule has 1 aliphatic rings. The Hall–Kier alpha value is -3.28. The molecule has 156 valence electrons. The smallest absolute Gasteiger partial charge is 0.191 e. The normalized spacial score (nSPS) is 14.5. The summed E-state index contributed by atoms with van der Waals surface area (Å²) in [5.41, 5.74) is 3.99. The molecule has 0 unspecified atom stereocenters. The summed E-state index contributed by atoms with van der Waals surface area (Å²) in [6.07, 6.45) is 10.2. The number of ether oxygens (including phenoxy) is 1. The van der Waals surface area contributed by atoms with Crippen LogP contribution in [-0.4, -0.2) is 47.5 Å². The Balaban J connectivity index is 1.80. The maximum absolute atomic E-state index is 13.2. The average Bonchev–Trinajstić information content (AvgIpc) is 3.39. The van der Waals surface area contributed by atoms with Crippen LogP contribution in [0.5, 0.6) is 5.75 Å². The van der Waals surface area contributed by atoms with E-state index in [9.17, 15) is 4.79 Å². The van der Waals surface area contributed by atoms with Crippen LogP contribution in [0.1, 0.15) is 36.0 Å². The van der Waals surface area contributed by atoms with Crippen LogP contribution in [0.15, 0.2) is 54.9 Å². The van der Waals surface area contributed by atoms with Gasteiger partial charge in [-0.2, -0.15) is 5.10 Å². The Morgan fingerprint density at radius 3 is 2.60 bits per heavy atom. The fraction of sp³-hybridized carbons (Fsp3) is 0.333. The first-order valence-electron chi connectivity index (χ1n) is 10.4. The van der Waals surface area contributed by atoms with Gasteiger partial charge in [-0.05, 0) is 49.2 Å². The number of hydrogen-bond donors (Lipinski definition) is 1. The number of ketones is 1. The van der Waals surface area contributed by atoms with Gasteiger partial charge < -0.3 is 15.0 Å². The molecule has 0 bridgehead atoms. The van der Waals surface area contributed by atoms with Gasteiger partial charge in [0.25, 0.3) is 0 Å². The van der Waals surface area contributed by atoms with Crippen LogP contribution in [0.4, 0.5) is 5.69 Å². The molecule has 1 saturated carbocycles. The molecule has 6 nitrogen and oxygen atoms in total. The van der Waals surface area contributed by atoms with E-state index in [4.69, 9.17) is 9.84 Å². The van der Waals surface area contributed by atoms with Gasteiger partial charge in [0.2, 0.25) is 0 Å². The number of pyridine rings is 1. The highest BCUT2D eigenvalue weighted by Gasteiger charge is 2.21. The molecule has 0 saturated heterocycles. The predicted octanol–water partition coefficient (Wildman–Crippen LogP) is 4.62. The zero-order valence-electron chi connectivity index (χ0n) is 17.8. The van der Waals surface area contributed by atoms with E-state index in [1.54, 1.807) is 23.9 Å². The molecule has 1 aliphatic carbocycles. The summed E-state index contributed by atoms with van der Waals surface area (Å²) >= 11 is 0. The number of nitrogens with zero attached hydrogens (tertiary/aromatic N) is 3. The van der Waals surface area contributed by atoms with Gasteiger partial charge in [0.15, 0.2) is 5.78 Å². The maximum atomic E-state index is 13.2. The molecule has 2 aromatic heterocycles. The lowest BCUT2D eigenvalue weighted by molar-refractivity contribution is 0.104. The van der Waals surface area contributed by atoms with Crippen molar-refractivity contribution in [3.05, 3.63) is 60.4 Å². The Morgan fingerprint density at radius 2 is 1.93 bits per heavy atom. The van der Waals surface area contributed by atoms with Gasteiger partial charge in [-0.15, -0.1) is 0 Å². The van der Waals surface area contributed by atoms with Crippen LogP contribution < -0.4 is 10.1 Å². The molecule has 0 atom stereocenters. The molecule has 0 amide bonds. The van der Waals surface area contributed by atoms with E-state index in [2.05, 4.69) is 5.32 Å². The van der Waals surface area contributed by atoms with Crippen LogP contribution in [0.3, 0.4) is 0 Å². The van der Waals surface area contributed by atoms with E-state index in [1.807, 2.05) is 61.6 Å². The van der Waals surface area contributed by atoms with E-state index >= 15 is 0 Å². The number of allylic oxidation sites excluding steroid dienone is 1. The highest BCUT2D eigenvalue weighted by Crippen LogP contribution is 2.30. The third-order valence-electron chi connectivity index (χ3n) is 5.49. The number of benzene rings is 1. The van der Waals surface area contributed by atoms with E-state index in [-0.39, 0.29) is 5.78 Å². The zero-order valence-corrected chi connectivity index (χ0v) is 17.8. The number of carbonyl (C=O) groups excluding carboxylic acids is 1. The second-order valence-electron chi connectivity index (χ2n) is 7.97. The van der Waals surface area contributed by atoms with Gasteiger partial charge in [-0.3, -0.25) is 4.79 Å². The number of methoxy groups -OCH3 is 1. The largest absolute Gasteiger partial charge is 0.497 e. The Kier molecular flexibility index (Phi) is 5.74. The van der Waals surface area contributed by atoms with Crippen molar-refractivity contribution >= 4 is 17.0 Å².